The molecule has 0 unspecified atom stereocenters. The number of halogens is 4. The Bertz CT molecular complexity index is 782. The van der Waals surface area contributed by atoms with Gasteiger partial charge in [-0.2, -0.15) is 17.5 Å². The largest absolute Gasteiger partial charge is 0.511 e. The summed E-state index contributed by atoms with van der Waals surface area (Å²) < 4.78 is 66.9. The molecule has 1 aliphatic rings. The minimum Gasteiger partial charge on any atom is -0.491 e. The van der Waals surface area contributed by atoms with Crippen LogP contribution in [0.2, 0.25) is 0 Å². The first-order chi connectivity index (χ1) is 13.1. The summed E-state index contributed by atoms with van der Waals surface area (Å²) in [6.45, 7) is 2.47. The van der Waals surface area contributed by atoms with E-state index in [0.29, 0.717) is 23.4 Å². The van der Waals surface area contributed by atoms with Gasteiger partial charge in [-0.3, -0.25) is 4.99 Å². The predicted octanol–water partition coefficient (Wildman–Crippen LogP) is 2.47. The van der Waals surface area contributed by atoms with Crippen molar-refractivity contribution >= 4 is 40.0 Å². The highest BCUT2D eigenvalue weighted by molar-refractivity contribution is 14.0. The second-order valence-corrected chi connectivity index (χ2v) is 8.31. The molecule has 166 valence electrons. The lowest BCUT2D eigenvalue weighted by molar-refractivity contribution is -0.0494. The van der Waals surface area contributed by atoms with E-state index in [0.717, 1.165) is 11.3 Å². The van der Waals surface area contributed by atoms with Crippen LogP contribution in [0.4, 0.5) is 13.2 Å². The number of aliphatic imine (C=N–C) groups is 1. The molecule has 1 heterocycles. The van der Waals surface area contributed by atoms with Gasteiger partial charge >= 0.3 is 15.5 Å². The summed E-state index contributed by atoms with van der Waals surface area (Å²) in [5.41, 5.74) is -4.23. The second kappa shape index (κ2) is 11.2. The summed E-state index contributed by atoms with van der Waals surface area (Å²) in [6, 6.07) is 7.49. The lowest BCUT2D eigenvalue weighted by atomic mass is 10.1. The molecule has 0 saturated carbocycles. The zero-order valence-corrected chi connectivity index (χ0v) is 19.3. The van der Waals surface area contributed by atoms with Crippen LogP contribution in [0, 0.1) is 6.92 Å². The van der Waals surface area contributed by atoms with Crippen molar-refractivity contribution in [1.29, 1.82) is 0 Å². The average molecular weight is 550 g/mol. The van der Waals surface area contributed by atoms with Crippen molar-refractivity contribution in [2.24, 2.45) is 4.99 Å². The minimum absolute atomic E-state index is 0. The average Bonchev–Trinajstić information content (AvgIpc) is 2.65. The van der Waals surface area contributed by atoms with Gasteiger partial charge in [0.25, 0.3) is 0 Å². The molecule has 0 spiro atoms. The number of nitrogens with zero attached hydrogens (tertiary/aromatic N) is 2. The van der Waals surface area contributed by atoms with Crippen LogP contribution in [-0.2, 0) is 10.0 Å². The van der Waals surface area contributed by atoms with Crippen LogP contribution in [-0.4, -0.2) is 63.5 Å². The topological polar surface area (TPSA) is 83.0 Å². The molecule has 0 bridgehead atoms. The van der Waals surface area contributed by atoms with Crippen LogP contribution in [0.3, 0.4) is 0 Å². The number of aryl methyl sites for hydroxylation is 1. The van der Waals surface area contributed by atoms with Gasteiger partial charge in [0.1, 0.15) is 12.4 Å². The van der Waals surface area contributed by atoms with Crippen molar-refractivity contribution in [1.82, 2.24) is 14.9 Å². The molecule has 0 aromatic heterocycles. The molecular weight excluding hydrogens is 524 g/mol. The normalized spacial score (nSPS) is 16.8. The third-order valence-corrected chi connectivity index (χ3v) is 6.03. The summed E-state index contributed by atoms with van der Waals surface area (Å²) in [7, 11) is -3.68. The monoisotopic (exact) mass is 550 g/mol. The summed E-state index contributed by atoms with van der Waals surface area (Å²) in [5, 5.41) is 6.18. The van der Waals surface area contributed by atoms with Crippen molar-refractivity contribution < 1.29 is 26.3 Å². The number of para-hydroxylation sites is 1. The van der Waals surface area contributed by atoms with Gasteiger partial charge in [0.2, 0.25) is 0 Å². The number of guanidine groups is 1. The Morgan fingerprint density at radius 1 is 1.28 bits per heavy atom. The summed E-state index contributed by atoms with van der Waals surface area (Å²) in [4.78, 5) is 4.08. The Labute approximate surface area is 186 Å². The Morgan fingerprint density at radius 3 is 2.45 bits per heavy atom. The number of piperidine rings is 1. The first-order valence-electron chi connectivity index (χ1n) is 8.87. The second-order valence-electron chi connectivity index (χ2n) is 6.38. The minimum atomic E-state index is -5.26. The molecule has 1 aliphatic heterocycles. The summed E-state index contributed by atoms with van der Waals surface area (Å²) in [6.07, 6.45) is 0.519. The summed E-state index contributed by atoms with van der Waals surface area (Å²) >= 11 is 0. The third-order valence-electron chi connectivity index (χ3n) is 4.40. The fraction of sp³-hybridized carbons (Fsp3) is 0.588. The Hall–Kier alpha value is -1.28. The quantitative estimate of drug-likeness (QED) is 0.246. The van der Waals surface area contributed by atoms with Crippen molar-refractivity contribution in [3.8, 4) is 5.75 Å². The lowest BCUT2D eigenvalue weighted by Gasteiger charge is -2.32. The Balaban J connectivity index is 0.00000420. The van der Waals surface area contributed by atoms with E-state index < -0.39 is 15.5 Å². The first kappa shape index (κ1) is 25.8. The molecule has 7 nitrogen and oxygen atoms in total. The maximum absolute atomic E-state index is 12.6. The zero-order chi connectivity index (χ0) is 20.8. The Kier molecular flexibility index (Phi) is 9.95. The van der Waals surface area contributed by atoms with Gasteiger partial charge in [-0.15, -0.1) is 24.0 Å². The van der Waals surface area contributed by atoms with E-state index in [9.17, 15) is 21.6 Å². The van der Waals surface area contributed by atoms with Gasteiger partial charge in [0, 0.05) is 26.2 Å². The fourth-order valence-electron chi connectivity index (χ4n) is 2.82. The van der Waals surface area contributed by atoms with Crippen LogP contribution in [0.25, 0.3) is 0 Å². The highest BCUT2D eigenvalue weighted by Crippen LogP contribution is 2.28. The number of alkyl halides is 3. The zero-order valence-electron chi connectivity index (χ0n) is 16.2. The smallest absolute Gasteiger partial charge is 0.491 e. The van der Waals surface area contributed by atoms with E-state index in [1.807, 2.05) is 31.2 Å². The number of ether oxygens (including phenoxy) is 1. The van der Waals surface area contributed by atoms with Gasteiger partial charge in [-0.05, 0) is 31.4 Å². The van der Waals surface area contributed by atoms with Crippen LogP contribution in [0.1, 0.15) is 18.4 Å². The van der Waals surface area contributed by atoms with Gasteiger partial charge in [0.05, 0.1) is 6.54 Å². The maximum Gasteiger partial charge on any atom is 0.511 e. The molecule has 2 N–H and O–H groups in total. The number of benzene rings is 1. The van der Waals surface area contributed by atoms with Gasteiger partial charge in [-0.25, -0.2) is 8.42 Å². The highest BCUT2D eigenvalue weighted by Gasteiger charge is 2.50. The van der Waals surface area contributed by atoms with Crippen molar-refractivity contribution in [3.05, 3.63) is 29.8 Å². The molecule has 1 fully saturated rings. The number of hydrogen-bond acceptors (Lipinski definition) is 4. The number of hydrogen-bond donors (Lipinski definition) is 2. The molecule has 0 amide bonds. The van der Waals surface area contributed by atoms with E-state index in [4.69, 9.17) is 4.74 Å². The third kappa shape index (κ3) is 7.17. The molecule has 0 atom stereocenters. The van der Waals surface area contributed by atoms with E-state index in [1.165, 1.54) is 0 Å². The Morgan fingerprint density at radius 2 is 1.90 bits per heavy atom. The predicted molar refractivity (Wildman–Crippen MR) is 116 cm³/mol. The number of rotatable bonds is 6. The van der Waals surface area contributed by atoms with Crippen LogP contribution >= 0.6 is 24.0 Å². The molecule has 12 heteroatoms. The van der Waals surface area contributed by atoms with E-state index >= 15 is 0 Å². The fourth-order valence-corrected chi connectivity index (χ4v) is 3.81. The molecule has 0 aliphatic carbocycles. The molecule has 2 rings (SSSR count). The SMILES string of the molecule is CN=C(NCCOc1ccccc1C)NC1CCN(S(=O)(=O)C(F)(F)F)CC1.I. The molecule has 1 aromatic rings. The highest BCUT2D eigenvalue weighted by atomic mass is 127. The van der Waals surface area contributed by atoms with E-state index in [1.54, 1.807) is 7.05 Å². The van der Waals surface area contributed by atoms with Crippen LogP contribution in [0.15, 0.2) is 29.3 Å². The summed E-state index contributed by atoms with van der Waals surface area (Å²) in [5.74, 6) is 1.29. The molecule has 1 aromatic carbocycles. The molecule has 0 radical (unpaired) electrons. The van der Waals surface area contributed by atoms with Gasteiger partial charge in [0.15, 0.2) is 5.96 Å². The van der Waals surface area contributed by atoms with Crippen molar-refractivity contribution in [2.75, 3.05) is 33.3 Å². The number of nitrogens with one attached hydrogen (secondary N) is 2. The maximum atomic E-state index is 12.6. The van der Waals surface area contributed by atoms with Crippen LogP contribution in [0.5, 0.6) is 5.75 Å². The molecular formula is C17H26F3IN4O3S. The van der Waals surface area contributed by atoms with Crippen LogP contribution < -0.4 is 15.4 Å². The van der Waals surface area contributed by atoms with Crippen molar-refractivity contribution in [2.45, 2.75) is 31.3 Å². The standard InChI is InChI=1S/C17H25F3N4O3S.HI/c1-13-5-3-4-6-15(13)27-12-9-22-16(21-2)23-14-7-10-24(11-8-14)28(25,26)17(18,19)20;/h3-6,14H,7-12H2,1-2H3,(H2,21,22,23);1H. The van der Waals surface area contributed by atoms with E-state index in [-0.39, 0.29) is 55.9 Å². The first-order valence-corrected chi connectivity index (χ1v) is 10.3. The molecule has 29 heavy (non-hydrogen) atoms. The van der Waals surface area contributed by atoms with Gasteiger partial charge < -0.3 is 15.4 Å². The van der Waals surface area contributed by atoms with Gasteiger partial charge in [-0.1, -0.05) is 18.2 Å². The lowest BCUT2D eigenvalue weighted by Crippen LogP contribution is -2.52. The van der Waals surface area contributed by atoms with Crippen molar-refractivity contribution in [3.63, 3.8) is 0 Å². The number of sulfonamides is 1. The van der Waals surface area contributed by atoms with E-state index in [2.05, 4.69) is 15.6 Å². The molecule has 1 saturated heterocycles.